The van der Waals surface area contributed by atoms with Crippen LogP contribution in [0.5, 0.6) is 0 Å². The number of hydrogen-bond acceptors (Lipinski definition) is 5. The Morgan fingerprint density at radius 1 is 1.24 bits per heavy atom. The number of aromatic nitrogens is 1. The van der Waals surface area contributed by atoms with E-state index in [1.54, 1.807) is 31.5 Å². The fourth-order valence-corrected chi connectivity index (χ4v) is 3.42. The van der Waals surface area contributed by atoms with E-state index in [2.05, 4.69) is 10.3 Å². The number of amides is 1. The maximum atomic E-state index is 12.3. The largest absolute Gasteiger partial charge is 0.462 e. The zero-order valence-corrected chi connectivity index (χ0v) is 14.6. The zero-order chi connectivity index (χ0) is 17.6. The quantitative estimate of drug-likeness (QED) is 0.689. The van der Waals surface area contributed by atoms with E-state index in [4.69, 9.17) is 4.74 Å². The summed E-state index contributed by atoms with van der Waals surface area (Å²) in [6.45, 7) is 2.63. The second kappa shape index (κ2) is 7.90. The first-order chi connectivity index (χ1) is 12.2. The van der Waals surface area contributed by atoms with Gasteiger partial charge in [0.2, 0.25) is 0 Å². The van der Waals surface area contributed by atoms with Crippen molar-refractivity contribution in [3.05, 3.63) is 64.8 Å². The summed E-state index contributed by atoms with van der Waals surface area (Å²) in [5.41, 5.74) is 1.51. The summed E-state index contributed by atoms with van der Waals surface area (Å²) in [6, 6.07) is 11.0. The van der Waals surface area contributed by atoms with Crippen LogP contribution < -0.4 is 5.32 Å². The lowest BCUT2D eigenvalue weighted by atomic mass is 10.1. The molecule has 0 spiro atoms. The Kier molecular flexibility index (Phi) is 5.40. The summed E-state index contributed by atoms with van der Waals surface area (Å²) in [6.07, 6.45) is 4.12. The molecule has 1 amide bonds. The normalized spacial score (nSPS) is 10.6. The van der Waals surface area contributed by atoms with Crippen molar-refractivity contribution in [3.63, 3.8) is 0 Å². The van der Waals surface area contributed by atoms with Gasteiger partial charge in [-0.05, 0) is 48.6 Å². The van der Waals surface area contributed by atoms with E-state index >= 15 is 0 Å². The molecular weight excluding hydrogens is 336 g/mol. The minimum atomic E-state index is -0.327. The van der Waals surface area contributed by atoms with Crippen molar-refractivity contribution in [2.75, 3.05) is 13.2 Å². The highest BCUT2D eigenvalue weighted by atomic mass is 32.1. The molecule has 25 heavy (non-hydrogen) atoms. The molecule has 5 nitrogen and oxygen atoms in total. The Morgan fingerprint density at radius 2 is 2.12 bits per heavy atom. The first-order valence-electron chi connectivity index (χ1n) is 8.05. The number of nitrogens with zero attached hydrogens (tertiary/aromatic N) is 1. The molecule has 0 radical (unpaired) electrons. The predicted molar refractivity (Wildman–Crippen MR) is 98.1 cm³/mol. The number of pyridine rings is 1. The van der Waals surface area contributed by atoms with E-state index in [-0.39, 0.29) is 11.9 Å². The van der Waals surface area contributed by atoms with E-state index in [0.29, 0.717) is 30.0 Å². The molecule has 3 aromatic rings. The SMILES string of the molecule is CCOC(=O)c1cccc(CCNC(=O)c2cc3ccncc3s2)c1. The number of benzene rings is 1. The Morgan fingerprint density at radius 3 is 2.92 bits per heavy atom. The number of hydrogen-bond donors (Lipinski definition) is 1. The number of thiophene rings is 1. The molecular formula is C19H18N2O3S. The van der Waals surface area contributed by atoms with E-state index in [1.165, 1.54) is 11.3 Å². The number of fused-ring (bicyclic) bond motifs is 1. The van der Waals surface area contributed by atoms with Crippen molar-refractivity contribution in [1.29, 1.82) is 0 Å². The molecule has 2 aromatic heterocycles. The molecule has 128 valence electrons. The fourth-order valence-electron chi connectivity index (χ4n) is 2.47. The van der Waals surface area contributed by atoms with Crippen LogP contribution in [-0.4, -0.2) is 30.0 Å². The standard InChI is InChI=1S/C19H18N2O3S/c1-2-24-19(23)15-5-3-4-13(10-15)6-9-21-18(22)16-11-14-7-8-20-12-17(14)25-16/h3-5,7-8,10-12H,2,6,9H2,1H3,(H,21,22). The van der Waals surface area contributed by atoms with Gasteiger partial charge >= 0.3 is 5.97 Å². The lowest BCUT2D eigenvalue weighted by Crippen LogP contribution is -2.24. The van der Waals surface area contributed by atoms with Crippen molar-refractivity contribution < 1.29 is 14.3 Å². The summed E-state index contributed by atoms with van der Waals surface area (Å²) in [4.78, 5) is 28.8. The first-order valence-corrected chi connectivity index (χ1v) is 8.87. The average molecular weight is 354 g/mol. The van der Waals surface area contributed by atoms with Gasteiger partial charge in [-0.15, -0.1) is 11.3 Å². The van der Waals surface area contributed by atoms with Crippen LogP contribution in [0.15, 0.2) is 48.8 Å². The van der Waals surface area contributed by atoms with Crippen LogP contribution >= 0.6 is 11.3 Å². The van der Waals surface area contributed by atoms with Crippen molar-refractivity contribution >= 4 is 33.3 Å². The highest BCUT2D eigenvalue weighted by Crippen LogP contribution is 2.24. The molecule has 6 heteroatoms. The molecule has 3 rings (SSSR count). The Balaban J connectivity index is 1.58. The topological polar surface area (TPSA) is 68.3 Å². The Bertz CT molecular complexity index is 871. The summed E-state index contributed by atoms with van der Waals surface area (Å²) >= 11 is 1.43. The third-order valence-electron chi connectivity index (χ3n) is 3.68. The van der Waals surface area contributed by atoms with Crippen molar-refractivity contribution in [2.24, 2.45) is 0 Å². The lowest BCUT2D eigenvalue weighted by molar-refractivity contribution is 0.0526. The third-order valence-corrected chi connectivity index (χ3v) is 4.77. The van der Waals surface area contributed by atoms with Gasteiger partial charge in [-0.2, -0.15) is 0 Å². The molecule has 0 unspecified atom stereocenters. The monoisotopic (exact) mass is 354 g/mol. The maximum Gasteiger partial charge on any atom is 0.338 e. The highest BCUT2D eigenvalue weighted by Gasteiger charge is 2.10. The molecule has 2 heterocycles. The van der Waals surface area contributed by atoms with Gasteiger partial charge in [0.25, 0.3) is 5.91 Å². The number of ether oxygens (including phenoxy) is 1. The van der Waals surface area contributed by atoms with Gasteiger partial charge in [0.05, 0.1) is 21.7 Å². The number of carbonyl (C=O) groups is 2. The van der Waals surface area contributed by atoms with E-state index in [0.717, 1.165) is 15.6 Å². The number of rotatable bonds is 6. The molecule has 0 bridgehead atoms. The lowest BCUT2D eigenvalue weighted by Gasteiger charge is -2.06. The number of nitrogens with one attached hydrogen (secondary N) is 1. The zero-order valence-electron chi connectivity index (χ0n) is 13.8. The second-order valence-electron chi connectivity index (χ2n) is 5.45. The maximum absolute atomic E-state index is 12.3. The van der Waals surface area contributed by atoms with Crippen LogP contribution in [0.1, 0.15) is 32.5 Å². The van der Waals surface area contributed by atoms with E-state index in [1.807, 2.05) is 24.3 Å². The third kappa shape index (κ3) is 4.22. The molecule has 0 aliphatic heterocycles. The molecule has 1 N–H and O–H groups in total. The predicted octanol–water partition coefficient (Wildman–Crippen LogP) is 3.45. The van der Waals surface area contributed by atoms with Crippen LogP contribution in [-0.2, 0) is 11.2 Å². The molecule has 1 aromatic carbocycles. The Hall–Kier alpha value is -2.73. The molecule has 0 saturated carbocycles. The van der Waals surface area contributed by atoms with Crippen molar-refractivity contribution in [2.45, 2.75) is 13.3 Å². The van der Waals surface area contributed by atoms with E-state index in [9.17, 15) is 9.59 Å². The van der Waals surface area contributed by atoms with Crippen LogP contribution in [0.25, 0.3) is 10.1 Å². The van der Waals surface area contributed by atoms with Crippen LogP contribution in [0.2, 0.25) is 0 Å². The van der Waals surface area contributed by atoms with Gasteiger partial charge < -0.3 is 10.1 Å². The highest BCUT2D eigenvalue weighted by molar-refractivity contribution is 7.20. The molecule has 0 fully saturated rings. The fraction of sp³-hybridized carbons (Fsp3) is 0.211. The second-order valence-corrected chi connectivity index (χ2v) is 6.53. The van der Waals surface area contributed by atoms with Gasteiger partial charge in [0.1, 0.15) is 0 Å². The van der Waals surface area contributed by atoms with Crippen LogP contribution in [0, 0.1) is 0 Å². The van der Waals surface area contributed by atoms with Gasteiger partial charge in [-0.3, -0.25) is 9.78 Å². The Labute approximate surface area is 149 Å². The van der Waals surface area contributed by atoms with Gasteiger partial charge in [0, 0.05) is 18.9 Å². The summed E-state index contributed by atoms with van der Waals surface area (Å²) in [5, 5.41) is 3.94. The van der Waals surface area contributed by atoms with Crippen molar-refractivity contribution in [1.82, 2.24) is 10.3 Å². The van der Waals surface area contributed by atoms with Gasteiger partial charge in [-0.1, -0.05) is 12.1 Å². The van der Waals surface area contributed by atoms with Gasteiger partial charge in [-0.25, -0.2) is 4.79 Å². The summed E-state index contributed by atoms with van der Waals surface area (Å²) in [7, 11) is 0. The number of esters is 1. The molecule has 0 saturated heterocycles. The summed E-state index contributed by atoms with van der Waals surface area (Å²) < 4.78 is 6.00. The molecule has 0 aliphatic carbocycles. The molecule has 0 atom stereocenters. The first kappa shape index (κ1) is 17.1. The average Bonchev–Trinajstić information content (AvgIpc) is 3.06. The van der Waals surface area contributed by atoms with Crippen LogP contribution in [0.3, 0.4) is 0 Å². The minimum absolute atomic E-state index is 0.0947. The van der Waals surface area contributed by atoms with Gasteiger partial charge in [0.15, 0.2) is 0 Å². The summed E-state index contributed by atoms with van der Waals surface area (Å²) in [5.74, 6) is -0.421. The van der Waals surface area contributed by atoms with E-state index < -0.39 is 0 Å². The number of carbonyl (C=O) groups excluding carboxylic acids is 2. The van der Waals surface area contributed by atoms with Crippen molar-refractivity contribution in [3.8, 4) is 0 Å². The van der Waals surface area contributed by atoms with Crippen LogP contribution in [0.4, 0.5) is 0 Å². The smallest absolute Gasteiger partial charge is 0.338 e. The minimum Gasteiger partial charge on any atom is -0.462 e. The molecule has 0 aliphatic rings.